The van der Waals surface area contributed by atoms with E-state index in [2.05, 4.69) is 6.42 Å². The number of rotatable bonds is 1. The van der Waals surface area contributed by atoms with E-state index in [4.69, 9.17) is 0 Å². The standard InChI is InChI=1S/C11H20NO/c1-12(2)11(13)10-8-6-4-3-5-7-9-10/h4,10H,3,5-9H2,1-2H3. The lowest BCUT2D eigenvalue weighted by atomic mass is 9.90. The molecule has 0 N–H and O–H groups in total. The normalized spacial score (nSPS) is 20.5. The van der Waals surface area contributed by atoms with Crippen LogP contribution in [0.25, 0.3) is 0 Å². The zero-order valence-electron chi connectivity index (χ0n) is 8.75. The summed E-state index contributed by atoms with van der Waals surface area (Å²) >= 11 is 0. The molecule has 0 bridgehead atoms. The Morgan fingerprint density at radius 2 is 2.00 bits per heavy atom. The summed E-state index contributed by atoms with van der Waals surface area (Å²) in [6.45, 7) is 0. The van der Waals surface area contributed by atoms with Crippen LogP contribution >= 0.6 is 0 Å². The van der Waals surface area contributed by atoms with E-state index in [9.17, 15) is 4.79 Å². The van der Waals surface area contributed by atoms with Gasteiger partial charge in [0, 0.05) is 20.0 Å². The van der Waals surface area contributed by atoms with Gasteiger partial charge in [0.05, 0.1) is 0 Å². The molecule has 0 spiro atoms. The van der Waals surface area contributed by atoms with Crippen molar-refractivity contribution in [2.45, 2.75) is 38.5 Å². The van der Waals surface area contributed by atoms with Crippen LogP contribution < -0.4 is 0 Å². The lowest BCUT2D eigenvalue weighted by Gasteiger charge is -2.22. The van der Waals surface area contributed by atoms with E-state index in [-0.39, 0.29) is 5.92 Å². The molecule has 2 nitrogen and oxygen atoms in total. The summed E-state index contributed by atoms with van der Waals surface area (Å²) in [6.07, 6.45) is 9.29. The van der Waals surface area contributed by atoms with Gasteiger partial charge in [0.15, 0.2) is 0 Å². The second-order valence-electron chi connectivity index (χ2n) is 4.08. The smallest absolute Gasteiger partial charge is 0.225 e. The van der Waals surface area contributed by atoms with E-state index >= 15 is 0 Å². The van der Waals surface area contributed by atoms with Crippen molar-refractivity contribution in [2.24, 2.45) is 5.92 Å². The lowest BCUT2D eigenvalue weighted by Crippen LogP contribution is -2.30. The molecule has 13 heavy (non-hydrogen) atoms. The SMILES string of the molecule is CN(C)C(=O)C1CC[CH]CCCC1. The maximum absolute atomic E-state index is 11.7. The average molecular weight is 182 g/mol. The predicted octanol–water partition coefficient (Wildman–Crippen LogP) is 2.25. The first-order valence-corrected chi connectivity index (χ1v) is 5.24. The molecule has 0 aromatic carbocycles. The molecular weight excluding hydrogens is 162 g/mol. The largest absolute Gasteiger partial charge is 0.349 e. The molecule has 2 heteroatoms. The summed E-state index contributed by atoms with van der Waals surface area (Å²) in [4.78, 5) is 13.4. The summed E-state index contributed by atoms with van der Waals surface area (Å²) in [5.74, 6) is 0.599. The molecule has 1 radical (unpaired) electrons. The van der Waals surface area contributed by atoms with E-state index in [0.717, 1.165) is 19.3 Å². The summed E-state index contributed by atoms with van der Waals surface area (Å²) in [5, 5.41) is 0. The fraction of sp³-hybridized carbons (Fsp3) is 0.818. The minimum atomic E-state index is 0.284. The topological polar surface area (TPSA) is 20.3 Å². The third kappa shape index (κ3) is 3.37. The summed E-state index contributed by atoms with van der Waals surface area (Å²) in [7, 11) is 3.70. The van der Waals surface area contributed by atoms with Gasteiger partial charge in [-0.25, -0.2) is 0 Å². The van der Waals surface area contributed by atoms with Crippen molar-refractivity contribution in [1.29, 1.82) is 0 Å². The highest BCUT2D eigenvalue weighted by atomic mass is 16.2. The van der Waals surface area contributed by atoms with Gasteiger partial charge in [0.25, 0.3) is 0 Å². The molecule has 1 aliphatic carbocycles. The third-order valence-electron chi connectivity index (χ3n) is 2.72. The first kappa shape index (κ1) is 10.6. The summed E-state index contributed by atoms with van der Waals surface area (Å²) in [5.41, 5.74) is 0. The highest BCUT2D eigenvalue weighted by molar-refractivity contribution is 5.78. The Hall–Kier alpha value is -0.530. The number of hydrogen-bond acceptors (Lipinski definition) is 1. The highest BCUT2D eigenvalue weighted by Crippen LogP contribution is 2.22. The van der Waals surface area contributed by atoms with Gasteiger partial charge >= 0.3 is 0 Å². The molecule has 1 amide bonds. The molecule has 1 atom stereocenters. The first-order chi connectivity index (χ1) is 6.22. The number of hydrogen-bond donors (Lipinski definition) is 0. The Kier molecular flexibility index (Phi) is 4.26. The molecule has 75 valence electrons. The molecule has 1 rings (SSSR count). The van der Waals surface area contributed by atoms with E-state index < -0.39 is 0 Å². The zero-order valence-corrected chi connectivity index (χ0v) is 8.75. The van der Waals surface area contributed by atoms with Gasteiger partial charge in [-0.2, -0.15) is 0 Å². The Morgan fingerprint density at radius 1 is 1.23 bits per heavy atom. The van der Waals surface area contributed by atoms with E-state index in [0.29, 0.717) is 5.91 Å². The maximum Gasteiger partial charge on any atom is 0.225 e. The molecule has 0 aliphatic heterocycles. The van der Waals surface area contributed by atoms with Gasteiger partial charge in [-0.1, -0.05) is 19.3 Å². The number of carbonyl (C=O) groups excluding carboxylic acids is 1. The molecule has 0 saturated heterocycles. The van der Waals surface area contributed by atoms with Gasteiger partial charge < -0.3 is 4.90 Å². The molecule has 1 unspecified atom stereocenters. The van der Waals surface area contributed by atoms with Crippen molar-refractivity contribution < 1.29 is 4.79 Å². The molecule has 1 saturated carbocycles. The van der Waals surface area contributed by atoms with Crippen LogP contribution in [0.2, 0.25) is 0 Å². The van der Waals surface area contributed by atoms with Crippen molar-refractivity contribution in [3.05, 3.63) is 6.42 Å². The van der Waals surface area contributed by atoms with Crippen LogP contribution in [0.1, 0.15) is 38.5 Å². The fourth-order valence-electron chi connectivity index (χ4n) is 1.90. The summed E-state index contributed by atoms with van der Waals surface area (Å²) in [6, 6.07) is 0. The van der Waals surface area contributed by atoms with Crippen molar-refractivity contribution in [3.63, 3.8) is 0 Å². The second-order valence-corrected chi connectivity index (χ2v) is 4.08. The number of carbonyl (C=O) groups is 1. The van der Waals surface area contributed by atoms with Crippen LogP contribution in [0.5, 0.6) is 0 Å². The molecule has 0 aromatic heterocycles. The van der Waals surface area contributed by atoms with Gasteiger partial charge in [-0.05, 0) is 25.7 Å². The quantitative estimate of drug-likeness (QED) is 0.609. The molecular formula is C11H20NO. The third-order valence-corrected chi connectivity index (χ3v) is 2.72. The van der Waals surface area contributed by atoms with Gasteiger partial charge in [0.1, 0.15) is 0 Å². The van der Waals surface area contributed by atoms with Crippen LogP contribution in [-0.2, 0) is 4.79 Å². The van der Waals surface area contributed by atoms with Crippen LogP contribution in [0.4, 0.5) is 0 Å². The van der Waals surface area contributed by atoms with E-state index in [1.807, 2.05) is 14.1 Å². The summed E-state index contributed by atoms with van der Waals surface area (Å²) < 4.78 is 0. The predicted molar refractivity (Wildman–Crippen MR) is 54.2 cm³/mol. The van der Waals surface area contributed by atoms with E-state index in [1.54, 1.807) is 4.90 Å². The van der Waals surface area contributed by atoms with Crippen LogP contribution in [-0.4, -0.2) is 24.9 Å². The number of nitrogens with zero attached hydrogens (tertiary/aromatic N) is 1. The first-order valence-electron chi connectivity index (χ1n) is 5.24. The van der Waals surface area contributed by atoms with Crippen LogP contribution in [0.3, 0.4) is 0 Å². The molecule has 0 heterocycles. The van der Waals surface area contributed by atoms with Gasteiger partial charge in [-0.3, -0.25) is 4.79 Å². The average Bonchev–Trinajstić information content (AvgIpc) is 2.02. The maximum atomic E-state index is 11.7. The second kappa shape index (κ2) is 5.25. The van der Waals surface area contributed by atoms with Crippen molar-refractivity contribution in [1.82, 2.24) is 4.90 Å². The Morgan fingerprint density at radius 3 is 2.69 bits per heavy atom. The lowest BCUT2D eigenvalue weighted by molar-refractivity contribution is -0.133. The zero-order chi connectivity index (χ0) is 9.68. The minimum Gasteiger partial charge on any atom is -0.349 e. The monoisotopic (exact) mass is 182 g/mol. The Balaban J connectivity index is 2.41. The van der Waals surface area contributed by atoms with Crippen molar-refractivity contribution in [2.75, 3.05) is 14.1 Å². The Labute approximate surface area is 81.3 Å². The van der Waals surface area contributed by atoms with Crippen molar-refractivity contribution in [3.8, 4) is 0 Å². The highest BCUT2D eigenvalue weighted by Gasteiger charge is 2.20. The minimum absolute atomic E-state index is 0.284. The molecule has 0 aromatic rings. The van der Waals surface area contributed by atoms with E-state index in [1.165, 1.54) is 19.3 Å². The van der Waals surface area contributed by atoms with Crippen molar-refractivity contribution >= 4 is 5.91 Å². The molecule has 1 aliphatic rings. The van der Waals surface area contributed by atoms with Gasteiger partial charge in [-0.15, -0.1) is 0 Å². The Bertz CT molecular complexity index is 157. The number of amides is 1. The van der Waals surface area contributed by atoms with Crippen LogP contribution in [0, 0.1) is 12.3 Å². The molecule has 1 fully saturated rings. The van der Waals surface area contributed by atoms with Gasteiger partial charge in [0.2, 0.25) is 5.91 Å². The van der Waals surface area contributed by atoms with Crippen LogP contribution in [0.15, 0.2) is 0 Å². The fourth-order valence-corrected chi connectivity index (χ4v) is 1.90.